The molecule has 1 unspecified atom stereocenters. The SMILES string of the molecule is C#CC(O)(CO)CO.C#C[C@@](O)(CO[O-])[C@@H](O)CC=O.C#C[C@](O)(C=O)CO[O-].C#C[C@](O)(CO)CO[O-].C#C[C@]1(CO[O-])OC(O)C[C@@H]1O.CC=O.O=P[O-].O=P[O-].O=P[O-].O=P[O-]. The van der Waals surface area contributed by atoms with Crippen LogP contribution in [0.15, 0.2) is 0 Å². The zero-order valence-electron chi connectivity index (χ0n) is 33.1. The van der Waals surface area contributed by atoms with Crippen LogP contribution in [0.4, 0.5) is 0 Å². The van der Waals surface area contributed by atoms with Gasteiger partial charge in [-0.15, -0.1) is 32.1 Å². The lowest BCUT2D eigenvalue weighted by atomic mass is 9.97. The second-order valence-electron chi connectivity index (χ2n) is 9.94. The maximum absolute atomic E-state index is 9.92. The van der Waals surface area contributed by atoms with Crippen LogP contribution in [0, 0.1) is 61.7 Å². The summed E-state index contributed by atoms with van der Waals surface area (Å²) in [5.41, 5.74) is -9.17. The van der Waals surface area contributed by atoms with E-state index in [1.807, 2.05) is 11.8 Å². The molecule has 1 aliphatic rings. The molecular weight excluding hydrogens is 976 g/mol. The van der Waals surface area contributed by atoms with Crippen molar-refractivity contribution in [3.05, 3.63) is 0 Å². The summed E-state index contributed by atoms with van der Waals surface area (Å²) in [5.74, 6) is 9.22. The molecule has 0 aliphatic carbocycles. The van der Waals surface area contributed by atoms with Gasteiger partial charge in [-0.3, -0.25) is 23.1 Å². The second-order valence-corrected chi connectivity index (χ2v) is 10.5. The molecule has 7 atom stereocenters. The Balaban J connectivity index is -0.0000000803. The van der Waals surface area contributed by atoms with Gasteiger partial charge in [0.15, 0.2) is 35.0 Å². The van der Waals surface area contributed by atoms with Gasteiger partial charge in [0.1, 0.15) is 24.8 Å². The van der Waals surface area contributed by atoms with Gasteiger partial charge >= 0.3 is 0 Å². The molecule has 65 heavy (non-hydrogen) atoms. The van der Waals surface area contributed by atoms with Gasteiger partial charge in [0.25, 0.3) is 0 Å². The van der Waals surface area contributed by atoms with Gasteiger partial charge in [0.2, 0.25) is 5.60 Å². The highest BCUT2D eigenvalue weighted by atomic mass is 31.1. The number of terminal acetylenes is 5. The van der Waals surface area contributed by atoms with E-state index in [0.29, 0.717) is 6.29 Å². The Labute approximate surface area is 376 Å². The average molecular weight is 1020 g/mol. The molecule has 1 heterocycles. The molecule has 374 valence electrons. The van der Waals surface area contributed by atoms with E-state index in [4.69, 9.17) is 114 Å². The van der Waals surface area contributed by atoms with Crippen molar-refractivity contribution >= 4 is 53.6 Å². The molecule has 0 aromatic carbocycles. The van der Waals surface area contributed by atoms with E-state index in [0.717, 1.165) is 6.29 Å². The first kappa shape index (κ1) is 81.5. The van der Waals surface area contributed by atoms with Crippen LogP contribution >= 0.6 is 34.7 Å². The zero-order valence-corrected chi connectivity index (χ0v) is 36.7. The molecule has 0 aromatic heterocycles. The molecular formula is C31H42O30P4-8. The fourth-order valence-electron chi connectivity index (χ4n) is 2.32. The Morgan fingerprint density at radius 1 is 0.708 bits per heavy atom. The topological polar surface area (TPSA) is 552 Å². The Kier molecular flexibility index (Phi) is 70.7. The van der Waals surface area contributed by atoms with Crippen LogP contribution < -0.4 is 40.6 Å². The molecule has 1 saturated heterocycles. The van der Waals surface area contributed by atoms with Crippen molar-refractivity contribution in [2.75, 3.05) is 46.2 Å². The first-order valence-corrected chi connectivity index (χ1v) is 18.2. The van der Waals surface area contributed by atoms with Crippen LogP contribution in [-0.4, -0.2) is 163 Å². The fourth-order valence-corrected chi connectivity index (χ4v) is 2.32. The number of rotatable bonds is 15. The molecule has 0 aromatic rings. The minimum Gasteiger partial charge on any atom is -0.772 e. The van der Waals surface area contributed by atoms with Gasteiger partial charge < -0.3 is 126 Å². The van der Waals surface area contributed by atoms with E-state index in [9.17, 15) is 40.8 Å². The molecule has 1 fully saturated rings. The Morgan fingerprint density at radius 2 is 1.08 bits per heavy atom. The lowest BCUT2D eigenvalue weighted by Gasteiger charge is -2.27. The van der Waals surface area contributed by atoms with Gasteiger partial charge in [0.05, 0.1) is 81.0 Å². The summed E-state index contributed by atoms with van der Waals surface area (Å²) in [5, 5.41) is 126. The third-order valence-corrected chi connectivity index (χ3v) is 5.57. The summed E-state index contributed by atoms with van der Waals surface area (Å²) in [4.78, 5) is 75.4. The lowest BCUT2D eigenvalue weighted by Crippen LogP contribution is -2.46. The molecule has 0 bridgehead atoms. The van der Waals surface area contributed by atoms with Crippen molar-refractivity contribution < 1.29 is 149 Å². The third-order valence-electron chi connectivity index (χ3n) is 5.57. The normalized spacial score (nSPS) is 18.1. The van der Waals surface area contributed by atoms with E-state index in [1.54, 1.807) is 11.8 Å². The van der Waals surface area contributed by atoms with Gasteiger partial charge in [-0.1, -0.05) is 29.6 Å². The monoisotopic (exact) mass is 1020 g/mol. The number of carbonyl (C=O) groups excluding carboxylic acids is 3. The molecule has 0 radical (unpaired) electrons. The van der Waals surface area contributed by atoms with Gasteiger partial charge in [-0.25, -0.2) is 0 Å². The number of ether oxygens (including phenoxy) is 1. The van der Waals surface area contributed by atoms with E-state index < -0.39 is 127 Å². The van der Waals surface area contributed by atoms with Crippen molar-refractivity contribution in [2.24, 2.45) is 0 Å². The average Bonchev–Trinajstić information content (AvgIpc) is 3.57. The van der Waals surface area contributed by atoms with Crippen molar-refractivity contribution in [1.82, 2.24) is 0 Å². The number of aliphatic hydroxyl groups is 10. The highest BCUT2D eigenvalue weighted by Gasteiger charge is 2.46. The van der Waals surface area contributed by atoms with Crippen molar-refractivity contribution in [3.8, 4) is 61.7 Å². The van der Waals surface area contributed by atoms with Crippen molar-refractivity contribution in [3.63, 3.8) is 0 Å². The summed E-state index contributed by atoms with van der Waals surface area (Å²) in [6, 6.07) is 0. The summed E-state index contributed by atoms with van der Waals surface area (Å²) in [6.45, 7) is -2.99. The number of hydrogen-bond donors (Lipinski definition) is 10. The molecule has 0 spiro atoms. The van der Waals surface area contributed by atoms with Crippen LogP contribution in [0.1, 0.15) is 19.8 Å². The van der Waals surface area contributed by atoms with E-state index in [2.05, 4.69) is 31.9 Å². The quantitative estimate of drug-likeness (QED) is 0.0239. The summed E-state index contributed by atoms with van der Waals surface area (Å²) < 4.78 is 38.2. The third kappa shape index (κ3) is 51.1. The Hall–Kier alpha value is -3.71. The minimum absolute atomic E-state index is 0.00639. The molecule has 1 rings (SSSR count). The van der Waals surface area contributed by atoms with E-state index in [-0.39, 0.29) is 19.1 Å². The minimum atomic E-state index is -2.08. The maximum Gasteiger partial charge on any atom is 0.203 e. The largest absolute Gasteiger partial charge is 0.772 e. The molecule has 10 N–H and O–H groups in total. The van der Waals surface area contributed by atoms with E-state index >= 15 is 0 Å². The molecule has 0 amide bonds. The number of hydrogen-bond acceptors (Lipinski definition) is 30. The molecule has 1 aliphatic heterocycles. The zero-order chi connectivity index (χ0) is 53.6. The van der Waals surface area contributed by atoms with Crippen molar-refractivity contribution in [2.45, 2.75) is 66.3 Å². The Bertz CT molecular complexity index is 1370. The second kappa shape index (κ2) is 56.4. The predicted molar refractivity (Wildman–Crippen MR) is 194 cm³/mol. The summed E-state index contributed by atoms with van der Waals surface area (Å²) >= 11 is 0. The first-order chi connectivity index (χ1) is 30.4. The van der Waals surface area contributed by atoms with Crippen LogP contribution in [0.2, 0.25) is 0 Å². The number of carbonyl (C=O) groups is 3. The number of aliphatic hydroxyl groups excluding tert-OH is 6. The maximum atomic E-state index is 9.92. The highest BCUT2D eigenvalue weighted by molar-refractivity contribution is 7.14. The predicted octanol–water partition coefficient (Wildman–Crippen LogP) is -12.4. The van der Waals surface area contributed by atoms with Crippen LogP contribution in [-0.2, 0) is 56.9 Å². The fraction of sp³-hybridized carbons (Fsp3) is 0.581. The molecule has 0 saturated carbocycles. The Morgan fingerprint density at radius 3 is 1.23 bits per heavy atom. The summed E-state index contributed by atoms with van der Waals surface area (Å²) in [6.07, 6.45) is 21.1. The van der Waals surface area contributed by atoms with Gasteiger partial charge in [0, 0.05) is 12.8 Å². The highest BCUT2D eigenvalue weighted by Crippen LogP contribution is 2.29. The van der Waals surface area contributed by atoms with Gasteiger partial charge in [-0.2, -0.15) is 0 Å². The van der Waals surface area contributed by atoms with Crippen LogP contribution in [0.25, 0.3) is 0 Å². The molecule has 34 heteroatoms. The van der Waals surface area contributed by atoms with E-state index in [1.165, 1.54) is 6.92 Å². The van der Waals surface area contributed by atoms with Crippen LogP contribution in [0.3, 0.4) is 0 Å². The van der Waals surface area contributed by atoms with Gasteiger partial charge in [-0.05, 0) is 6.92 Å². The standard InChI is InChI=1S/2C7H10O5.C5H8O4.C5H6O4.C5H8O3.C2H4O.4HO2P/c1-2-7(4-11-10)5(8)3-6(9)12-7;1-2-7(10,5-12-11)6(9)3-4-8;2*1-2-5(7,3-6)4-9-8;1-2-5(8,3-6)4-7;1-2-3;4*1-3-2/h1,5-6,8-10H,3-4H2;1,4,6,9-11H,3,5H2;1,6-8H,3-4H2;1,3,7-8H,4H2;1,6-8H,3-4H2;2H,1H3;4*(H,1,2)/p-8/t5-,6?,7+;6-,7+;2*5-;;;;;;/m0000....../s1. The lowest BCUT2D eigenvalue weighted by molar-refractivity contribution is -0.693. The smallest absolute Gasteiger partial charge is 0.203 e. The number of aldehydes is 3. The van der Waals surface area contributed by atoms with Crippen LogP contribution in [0.5, 0.6) is 0 Å². The van der Waals surface area contributed by atoms with Crippen molar-refractivity contribution in [1.29, 1.82) is 0 Å². The first-order valence-electron chi connectivity index (χ1n) is 15.3. The molecule has 30 nitrogen and oxygen atoms in total. The summed E-state index contributed by atoms with van der Waals surface area (Å²) in [7, 11) is -4.33.